The number of hydroxylamine groups is 3. The average molecular weight is 1010 g/mol. The fraction of sp³-hybridized carbons (Fsp3) is 0.917. The molecule has 22 nitrogen and oxygen atoms in total. The Labute approximate surface area is 412 Å². The number of hydrogen-bond donors (Lipinski definition) is 7. The van der Waals surface area contributed by atoms with E-state index in [1.807, 2.05) is 0 Å². The van der Waals surface area contributed by atoms with Crippen molar-refractivity contribution in [1.29, 1.82) is 0 Å². The van der Waals surface area contributed by atoms with Gasteiger partial charge in [0.05, 0.1) is 69.3 Å². The fourth-order valence-electron chi connectivity index (χ4n) is 10.4. The minimum absolute atomic E-state index is 0.0366. The van der Waals surface area contributed by atoms with Gasteiger partial charge < -0.3 is 97.7 Å². The number of nitrogens with zero attached hydrogens (tertiary/aromatic N) is 1. The second kappa shape index (κ2) is 25.6. The predicted octanol–water partition coefficient (Wildman–Crippen LogP) is 0.432. The molecule has 9 unspecified atom stereocenters. The van der Waals surface area contributed by atoms with Crippen LogP contribution in [0.25, 0.3) is 0 Å². The largest absolute Gasteiger partial charge is 0.633 e. The van der Waals surface area contributed by atoms with Crippen LogP contribution in [0.15, 0.2) is 12.2 Å². The Balaban J connectivity index is 1.73. The van der Waals surface area contributed by atoms with Crippen molar-refractivity contribution in [2.75, 3.05) is 49.1 Å². The highest BCUT2D eigenvalue weighted by molar-refractivity contribution is 5.91. The first-order valence-corrected chi connectivity index (χ1v) is 24.4. The van der Waals surface area contributed by atoms with E-state index < -0.39 is 168 Å². The minimum Gasteiger partial charge on any atom is -0.633 e. The third-order valence-electron chi connectivity index (χ3n) is 14.8. The van der Waals surface area contributed by atoms with Crippen molar-refractivity contribution in [2.24, 2.45) is 23.7 Å². The van der Waals surface area contributed by atoms with Gasteiger partial charge in [-0.25, -0.2) is 0 Å². The zero-order valence-corrected chi connectivity index (χ0v) is 43.4. The first kappa shape index (κ1) is 60.7. The summed E-state index contributed by atoms with van der Waals surface area (Å²) in [6.45, 7) is 12.1. The van der Waals surface area contributed by atoms with Crippen molar-refractivity contribution in [3.05, 3.63) is 17.4 Å². The molecule has 4 aliphatic heterocycles. The lowest BCUT2D eigenvalue weighted by atomic mass is 9.79. The van der Waals surface area contributed by atoms with Crippen molar-refractivity contribution in [3.8, 4) is 0 Å². The van der Waals surface area contributed by atoms with Crippen LogP contribution in [0.1, 0.15) is 87.5 Å². The van der Waals surface area contributed by atoms with Gasteiger partial charge in [0.15, 0.2) is 37.0 Å². The highest BCUT2D eigenvalue weighted by Crippen LogP contribution is 2.39. The Kier molecular flexibility index (Phi) is 22.2. The van der Waals surface area contributed by atoms with E-state index in [1.165, 1.54) is 56.4 Å². The molecule has 408 valence electrons. The number of carbonyl (C=O) groups excluding carboxylic acids is 2. The molecular formula is C48H85NO21. The molecular weight excluding hydrogens is 927 g/mol. The maximum absolute atomic E-state index is 14.1. The smallest absolute Gasteiger partial charge is 0.308 e. The van der Waals surface area contributed by atoms with E-state index in [0.29, 0.717) is 0 Å². The van der Waals surface area contributed by atoms with Gasteiger partial charge in [-0.3, -0.25) is 9.59 Å². The van der Waals surface area contributed by atoms with Gasteiger partial charge in [-0.05, 0) is 65.5 Å². The molecule has 22 heteroatoms. The molecule has 0 amide bonds. The lowest BCUT2D eigenvalue weighted by molar-refractivity contribution is -0.879. The normalized spacial score (nSPS) is 45.9. The third-order valence-corrected chi connectivity index (χ3v) is 14.8. The SMILES string of the molecule is CCC1OC(=O)CC(O)C(C)C(O[C@@H]2O[C@H](C)[C@@H](O[C@H]3C[C@@](C)(O)[C@@H](O)[C@H](C)O3)[C@H]([N+](C)(C)[O-])[C@H]2O)C(CC(OC)OC)CC(C)C(=O)/C=C/C(C)(O)C(O)C1CO[C@@H]1O[C@H](C)[C@@H](O)[C@@H](OC)[C@H]1OC. The van der Waals surface area contributed by atoms with Gasteiger partial charge in [0, 0.05) is 59.0 Å². The van der Waals surface area contributed by atoms with Gasteiger partial charge in [-0.1, -0.05) is 20.8 Å². The number of quaternary nitrogens is 1. The summed E-state index contributed by atoms with van der Waals surface area (Å²) in [4.78, 5) is 28.1. The maximum atomic E-state index is 14.1. The summed E-state index contributed by atoms with van der Waals surface area (Å²) in [5, 5.41) is 94.1. The number of allylic oxidation sites excluding steroid dienone is 1. The van der Waals surface area contributed by atoms with Crippen LogP contribution in [-0.2, 0) is 61.7 Å². The number of aliphatic hydroxyl groups is 7. The van der Waals surface area contributed by atoms with Crippen molar-refractivity contribution in [3.63, 3.8) is 0 Å². The number of aliphatic hydroxyl groups excluding tert-OH is 5. The van der Waals surface area contributed by atoms with Crippen LogP contribution in [0, 0.1) is 28.9 Å². The molecule has 7 N–H and O–H groups in total. The van der Waals surface area contributed by atoms with Crippen molar-refractivity contribution in [2.45, 2.75) is 209 Å². The number of carbonyl (C=O) groups is 2. The Hall–Kier alpha value is -1.88. The summed E-state index contributed by atoms with van der Waals surface area (Å²) in [5.74, 6) is -5.05. The molecule has 70 heavy (non-hydrogen) atoms. The first-order valence-electron chi connectivity index (χ1n) is 24.4. The topological polar surface area (TPSA) is 300 Å². The number of hydrogen-bond acceptors (Lipinski definition) is 21. The van der Waals surface area contributed by atoms with E-state index in [9.17, 15) is 50.5 Å². The van der Waals surface area contributed by atoms with Gasteiger partial charge in [0.2, 0.25) is 0 Å². The van der Waals surface area contributed by atoms with Crippen LogP contribution in [0.2, 0.25) is 0 Å². The first-order chi connectivity index (χ1) is 32.6. The van der Waals surface area contributed by atoms with Crippen molar-refractivity contribution >= 4 is 11.8 Å². The van der Waals surface area contributed by atoms with Gasteiger partial charge in [-0.2, -0.15) is 0 Å². The molecule has 0 bridgehead atoms. The lowest BCUT2D eigenvalue weighted by Crippen LogP contribution is -2.69. The van der Waals surface area contributed by atoms with E-state index in [-0.39, 0.29) is 32.3 Å². The third kappa shape index (κ3) is 14.7. The highest BCUT2D eigenvalue weighted by Gasteiger charge is 2.55. The van der Waals surface area contributed by atoms with Crippen LogP contribution < -0.4 is 0 Å². The molecule has 0 aromatic rings. The number of likely N-dealkylation sites (N-methyl/N-ethyl adjacent to an activating group) is 1. The van der Waals surface area contributed by atoms with Gasteiger partial charge >= 0.3 is 5.97 Å². The summed E-state index contributed by atoms with van der Waals surface area (Å²) in [7, 11) is 8.27. The number of methoxy groups -OCH3 is 4. The second-order valence-corrected chi connectivity index (χ2v) is 20.7. The number of esters is 1. The number of ether oxygens (including phenoxy) is 11. The minimum atomic E-state index is -2.11. The molecule has 0 aromatic heterocycles. The summed E-state index contributed by atoms with van der Waals surface area (Å²) in [5.41, 5.74) is -3.70. The van der Waals surface area contributed by atoms with E-state index in [0.717, 1.165) is 12.2 Å². The summed E-state index contributed by atoms with van der Waals surface area (Å²) in [6.07, 6.45) is -17.8. The van der Waals surface area contributed by atoms with Crippen LogP contribution in [0.5, 0.6) is 0 Å². The second-order valence-electron chi connectivity index (χ2n) is 20.7. The number of ketones is 1. The standard InChI is InChI=1S/C48H85NO21/c1-15-32-29(22-64-46-42(63-14)41(62-13)37(53)25(4)66-46)44(56)47(7,57)17-16-30(50)23(2)18-28(19-34(60-11)61-12)39(24(3)31(51)20-33(52)68-32)70-45-38(54)36(49(9,10)59)40(26(5)67-45)69-35-21-48(8,58)43(55)27(6)65-35/h16-17,23-29,31-32,34-46,51,53-58H,15,18-22H2,1-14H3/b17-16+/t23?,24?,25-,26-,27+,28?,29?,31?,32?,35+,36-,37-,38-,39?,40-,41-,42-,43+,44?,45+,46-,47?,48-/m1/s1. The molecule has 0 saturated carbocycles. The summed E-state index contributed by atoms with van der Waals surface area (Å²) < 4.78 is 64.5. The Morgan fingerprint density at radius 1 is 0.800 bits per heavy atom. The highest BCUT2D eigenvalue weighted by atomic mass is 16.7. The number of rotatable bonds is 15. The van der Waals surface area contributed by atoms with Crippen LogP contribution in [-0.4, -0.2) is 223 Å². The molecule has 4 rings (SSSR count). The van der Waals surface area contributed by atoms with Crippen molar-refractivity contribution in [1.82, 2.24) is 0 Å². The molecule has 4 heterocycles. The Morgan fingerprint density at radius 3 is 1.97 bits per heavy atom. The molecule has 3 saturated heterocycles. The number of cyclic esters (lactones) is 1. The van der Waals surface area contributed by atoms with E-state index in [1.54, 1.807) is 41.5 Å². The van der Waals surface area contributed by atoms with Crippen molar-refractivity contribution < 1.29 is 102 Å². The van der Waals surface area contributed by atoms with Gasteiger partial charge in [0.25, 0.3) is 0 Å². The Bertz CT molecular complexity index is 1660. The summed E-state index contributed by atoms with van der Waals surface area (Å²) >= 11 is 0. The van der Waals surface area contributed by atoms with E-state index in [2.05, 4.69) is 0 Å². The summed E-state index contributed by atoms with van der Waals surface area (Å²) in [6, 6.07) is -1.28. The molecule has 0 aliphatic carbocycles. The lowest BCUT2D eigenvalue weighted by Gasteiger charge is -2.54. The van der Waals surface area contributed by atoms with Crippen LogP contribution in [0.4, 0.5) is 0 Å². The fourth-order valence-corrected chi connectivity index (χ4v) is 10.4. The maximum Gasteiger partial charge on any atom is 0.308 e. The van der Waals surface area contributed by atoms with Crippen LogP contribution in [0.3, 0.4) is 0 Å². The van der Waals surface area contributed by atoms with Crippen LogP contribution >= 0.6 is 0 Å². The average Bonchev–Trinajstić information content (AvgIpc) is 3.28. The molecule has 0 spiro atoms. The monoisotopic (exact) mass is 1010 g/mol. The quantitative estimate of drug-likeness (QED) is 0.0507. The van der Waals surface area contributed by atoms with Gasteiger partial charge in [0.1, 0.15) is 48.3 Å². The van der Waals surface area contributed by atoms with E-state index in [4.69, 9.17) is 52.1 Å². The molecule has 0 aromatic carbocycles. The van der Waals surface area contributed by atoms with E-state index >= 15 is 0 Å². The van der Waals surface area contributed by atoms with Gasteiger partial charge in [-0.15, -0.1) is 0 Å². The molecule has 3 fully saturated rings. The molecule has 0 radical (unpaired) electrons. The zero-order chi connectivity index (χ0) is 52.8. The Morgan fingerprint density at radius 2 is 1.41 bits per heavy atom. The molecule has 4 aliphatic rings. The molecule has 23 atom stereocenters. The predicted molar refractivity (Wildman–Crippen MR) is 247 cm³/mol. The zero-order valence-electron chi connectivity index (χ0n) is 43.4.